The van der Waals surface area contributed by atoms with Gasteiger partial charge in [0.1, 0.15) is 4.90 Å². The minimum absolute atomic E-state index is 0.134. The summed E-state index contributed by atoms with van der Waals surface area (Å²) in [6.07, 6.45) is 0.868. The first-order chi connectivity index (χ1) is 9.29. The van der Waals surface area contributed by atoms with Crippen molar-refractivity contribution in [2.45, 2.75) is 11.3 Å². The number of anilines is 1. The Bertz CT molecular complexity index is 607. The van der Waals surface area contributed by atoms with Crippen LogP contribution in [-0.4, -0.2) is 40.0 Å². The molecule has 3 N–H and O–H groups in total. The zero-order chi connectivity index (χ0) is 14.9. The number of hydrogen-bond acceptors (Lipinski definition) is 4. The Morgan fingerprint density at radius 2 is 2.15 bits per heavy atom. The third-order valence-electron chi connectivity index (χ3n) is 3.36. The number of halogens is 2. The van der Waals surface area contributed by atoms with Crippen molar-refractivity contribution in [2.75, 3.05) is 32.4 Å². The molecule has 0 radical (unpaired) electrons. The molecule has 0 amide bonds. The van der Waals surface area contributed by atoms with Crippen LogP contribution >= 0.6 is 0 Å². The van der Waals surface area contributed by atoms with Crippen molar-refractivity contribution in [3.8, 4) is 0 Å². The Morgan fingerprint density at radius 3 is 2.75 bits per heavy atom. The van der Waals surface area contributed by atoms with E-state index in [-0.39, 0.29) is 18.2 Å². The number of rotatable bonds is 4. The Kier molecular flexibility index (Phi) is 4.26. The molecule has 8 heteroatoms. The number of hydrogen-bond donors (Lipinski definition) is 2. The monoisotopic (exact) mass is 305 g/mol. The standard InChI is InChI=1S/C12H17F2N3O2S/c1-17-3-2-8(7-17)6-16-20(18,19)11-5-9(15)4-10(13)12(11)14/h4-5,8,16H,2-3,6-7,15H2,1H3. The second kappa shape index (κ2) is 5.63. The van der Waals surface area contributed by atoms with Crippen LogP contribution < -0.4 is 10.5 Å². The second-order valence-corrected chi connectivity index (χ2v) is 6.82. The topological polar surface area (TPSA) is 75.4 Å². The van der Waals surface area contributed by atoms with Gasteiger partial charge in [-0.15, -0.1) is 0 Å². The number of nitrogen functional groups attached to an aromatic ring is 1. The number of benzene rings is 1. The van der Waals surface area contributed by atoms with Gasteiger partial charge in [-0.2, -0.15) is 0 Å². The van der Waals surface area contributed by atoms with Gasteiger partial charge in [0.2, 0.25) is 10.0 Å². The lowest BCUT2D eigenvalue weighted by Gasteiger charge is -2.13. The molecule has 5 nitrogen and oxygen atoms in total. The van der Waals surface area contributed by atoms with E-state index in [1.807, 2.05) is 7.05 Å². The van der Waals surface area contributed by atoms with Gasteiger partial charge in [-0.05, 0) is 38.1 Å². The number of nitrogens with zero attached hydrogens (tertiary/aromatic N) is 1. The zero-order valence-corrected chi connectivity index (χ0v) is 11.9. The highest BCUT2D eigenvalue weighted by molar-refractivity contribution is 7.89. The van der Waals surface area contributed by atoms with Gasteiger partial charge in [0.25, 0.3) is 0 Å². The normalized spacial score (nSPS) is 20.4. The highest BCUT2D eigenvalue weighted by Gasteiger charge is 2.25. The molecular weight excluding hydrogens is 288 g/mol. The molecule has 1 aromatic rings. The van der Waals surface area contributed by atoms with Crippen molar-refractivity contribution in [3.63, 3.8) is 0 Å². The van der Waals surface area contributed by atoms with Crippen molar-refractivity contribution >= 4 is 15.7 Å². The largest absolute Gasteiger partial charge is 0.399 e. The maximum absolute atomic E-state index is 13.6. The third kappa shape index (κ3) is 3.25. The lowest BCUT2D eigenvalue weighted by molar-refractivity contribution is 0.394. The lowest BCUT2D eigenvalue weighted by atomic mass is 10.1. The molecule has 0 aromatic heterocycles. The molecule has 1 aromatic carbocycles. The van der Waals surface area contributed by atoms with Crippen LogP contribution in [0.3, 0.4) is 0 Å². The molecule has 1 unspecified atom stereocenters. The number of nitrogens with two attached hydrogens (primary N) is 1. The molecule has 0 bridgehead atoms. The average molecular weight is 305 g/mol. The van der Waals surface area contributed by atoms with Gasteiger partial charge >= 0.3 is 0 Å². The van der Waals surface area contributed by atoms with E-state index in [1.165, 1.54) is 0 Å². The molecule has 1 atom stereocenters. The molecular formula is C12H17F2N3O2S. The van der Waals surface area contributed by atoms with Crippen molar-refractivity contribution < 1.29 is 17.2 Å². The van der Waals surface area contributed by atoms with E-state index >= 15 is 0 Å². The number of sulfonamides is 1. The summed E-state index contributed by atoms with van der Waals surface area (Å²) in [6.45, 7) is 1.87. The molecule has 1 aliphatic heterocycles. The average Bonchev–Trinajstić information content (AvgIpc) is 2.77. The molecule has 1 saturated heterocycles. The van der Waals surface area contributed by atoms with Crippen molar-refractivity contribution in [1.29, 1.82) is 0 Å². The molecule has 20 heavy (non-hydrogen) atoms. The summed E-state index contributed by atoms with van der Waals surface area (Å²) in [6, 6.07) is 1.67. The first-order valence-corrected chi connectivity index (χ1v) is 7.70. The summed E-state index contributed by atoms with van der Waals surface area (Å²) >= 11 is 0. The predicted molar refractivity (Wildman–Crippen MR) is 71.6 cm³/mol. The Balaban J connectivity index is 2.14. The number of likely N-dealkylation sites (tertiary alicyclic amines) is 1. The fourth-order valence-corrected chi connectivity index (χ4v) is 3.51. The molecule has 112 valence electrons. The quantitative estimate of drug-likeness (QED) is 0.806. The van der Waals surface area contributed by atoms with Crippen molar-refractivity contribution in [2.24, 2.45) is 5.92 Å². The minimum atomic E-state index is -4.10. The summed E-state index contributed by atoms with van der Waals surface area (Å²) in [5.74, 6) is -2.51. The van der Waals surface area contributed by atoms with E-state index in [0.29, 0.717) is 0 Å². The highest BCUT2D eigenvalue weighted by atomic mass is 32.2. The fraction of sp³-hybridized carbons (Fsp3) is 0.500. The van der Waals surface area contributed by atoms with Gasteiger partial charge in [0, 0.05) is 18.8 Å². The Hall–Kier alpha value is -1.25. The van der Waals surface area contributed by atoms with Gasteiger partial charge < -0.3 is 10.6 Å². The fourth-order valence-electron chi connectivity index (χ4n) is 2.28. The van der Waals surface area contributed by atoms with Crippen LogP contribution in [0.5, 0.6) is 0 Å². The van der Waals surface area contributed by atoms with Gasteiger partial charge in [-0.1, -0.05) is 0 Å². The van der Waals surface area contributed by atoms with Gasteiger partial charge in [0.15, 0.2) is 11.6 Å². The first kappa shape index (κ1) is 15.1. The predicted octanol–water partition coefficient (Wildman–Crippen LogP) is 0.777. The van der Waals surface area contributed by atoms with Gasteiger partial charge in [0.05, 0.1) is 0 Å². The minimum Gasteiger partial charge on any atom is -0.399 e. The molecule has 1 aliphatic rings. The van der Waals surface area contributed by atoms with E-state index in [2.05, 4.69) is 9.62 Å². The summed E-state index contributed by atoms with van der Waals surface area (Å²) < 4.78 is 53.1. The molecule has 1 heterocycles. The van der Waals surface area contributed by atoms with Crippen LogP contribution in [0.2, 0.25) is 0 Å². The van der Waals surface area contributed by atoms with Crippen LogP contribution in [0.25, 0.3) is 0 Å². The second-order valence-electron chi connectivity index (χ2n) is 5.08. The first-order valence-electron chi connectivity index (χ1n) is 6.22. The van der Waals surface area contributed by atoms with Crippen LogP contribution in [0.15, 0.2) is 17.0 Å². The molecule has 0 saturated carbocycles. The lowest BCUT2D eigenvalue weighted by Crippen LogP contribution is -2.31. The summed E-state index contributed by atoms with van der Waals surface area (Å²) in [5, 5.41) is 0. The SMILES string of the molecule is CN1CCC(CNS(=O)(=O)c2cc(N)cc(F)c2F)C1. The Labute approximate surface area is 116 Å². The van der Waals surface area contributed by atoms with Gasteiger partial charge in [-0.25, -0.2) is 21.9 Å². The maximum Gasteiger partial charge on any atom is 0.243 e. The molecule has 0 spiro atoms. The van der Waals surface area contributed by atoms with Gasteiger partial charge in [-0.3, -0.25) is 0 Å². The molecule has 2 rings (SSSR count). The summed E-state index contributed by atoms with van der Waals surface area (Å²) in [5.41, 5.74) is 5.22. The van der Waals surface area contributed by atoms with Crippen LogP contribution in [0.4, 0.5) is 14.5 Å². The molecule has 1 fully saturated rings. The van der Waals surface area contributed by atoms with E-state index in [4.69, 9.17) is 5.73 Å². The van der Waals surface area contributed by atoms with Crippen LogP contribution in [-0.2, 0) is 10.0 Å². The Morgan fingerprint density at radius 1 is 1.45 bits per heavy atom. The smallest absolute Gasteiger partial charge is 0.243 e. The van der Waals surface area contributed by atoms with E-state index in [0.717, 1.165) is 31.6 Å². The van der Waals surface area contributed by atoms with Crippen molar-refractivity contribution in [1.82, 2.24) is 9.62 Å². The zero-order valence-electron chi connectivity index (χ0n) is 11.1. The van der Waals surface area contributed by atoms with Crippen LogP contribution in [0.1, 0.15) is 6.42 Å². The number of nitrogens with one attached hydrogen (secondary N) is 1. The molecule has 0 aliphatic carbocycles. The third-order valence-corrected chi connectivity index (χ3v) is 4.78. The maximum atomic E-state index is 13.6. The van der Waals surface area contributed by atoms with E-state index in [1.54, 1.807) is 0 Å². The summed E-state index contributed by atoms with van der Waals surface area (Å²) in [7, 11) is -2.16. The van der Waals surface area contributed by atoms with E-state index in [9.17, 15) is 17.2 Å². The van der Waals surface area contributed by atoms with Crippen molar-refractivity contribution in [3.05, 3.63) is 23.8 Å². The van der Waals surface area contributed by atoms with Crippen LogP contribution in [0, 0.1) is 17.6 Å². The highest BCUT2D eigenvalue weighted by Crippen LogP contribution is 2.21. The summed E-state index contributed by atoms with van der Waals surface area (Å²) in [4.78, 5) is 1.33. The van der Waals surface area contributed by atoms with E-state index < -0.39 is 26.6 Å².